The molecular formula is C16H28N2O2. The second-order valence-corrected chi connectivity index (χ2v) is 6.65. The van der Waals surface area contributed by atoms with E-state index in [1.807, 2.05) is 18.7 Å². The van der Waals surface area contributed by atoms with Crippen molar-refractivity contribution in [2.75, 3.05) is 19.6 Å². The molecule has 0 aromatic carbocycles. The highest BCUT2D eigenvalue weighted by Crippen LogP contribution is 2.24. The Morgan fingerprint density at radius 1 is 1.05 bits per heavy atom. The van der Waals surface area contributed by atoms with Crippen molar-refractivity contribution < 1.29 is 9.59 Å². The van der Waals surface area contributed by atoms with Crippen molar-refractivity contribution >= 4 is 11.8 Å². The first-order valence-corrected chi connectivity index (χ1v) is 8.10. The van der Waals surface area contributed by atoms with E-state index in [0.29, 0.717) is 12.6 Å². The summed E-state index contributed by atoms with van der Waals surface area (Å²) in [5.74, 6) is 0.511. The predicted molar refractivity (Wildman–Crippen MR) is 79.2 cm³/mol. The van der Waals surface area contributed by atoms with Crippen LogP contribution in [0.1, 0.15) is 52.9 Å². The fourth-order valence-electron chi connectivity index (χ4n) is 3.40. The molecule has 0 aromatic heterocycles. The number of nitrogens with zero attached hydrogens (tertiary/aromatic N) is 2. The van der Waals surface area contributed by atoms with Gasteiger partial charge < -0.3 is 9.80 Å². The van der Waals surface area contributed by atoms with Gasteiger partial charge in [0.15, 0.2) is 0 Å². The molecule has 4 heteroatoms. The highest BCUT2D eigenvalue weighted by Gasteiger charge is 2.34. The summed E-state index contributed by atoms with van der Waals surface area (Å²) in [7, 11) is 0. The summed E-state index contributed by atoms with van der Waals surface area (Å²) in [5, 5.41) is 0. The normalized spacial score (nSPS) is 27.8. The van der Waals surface area contributed by atoms with Crippen LogP contribution in [0.5, 0.6) is 0 Å². The van der Waals surface area contributed by atoms with Crippen LogP contribution in [0.2, 0.25) is 0 Å². The van der Waals surface area contributed by atoms with Crippen LogP contribution in [-0.4, -0.2) is 47.3 Å². The summed E-state index contributed by atoms with van der Waals surface area (Å²) >= 11 is 0. The van der Waals surface area contributed by atoms with Gasteiger partial charge in [-0.25, -0.2) is 0 Å². The van der Waals surface area contributed by atoms with Crippen LogP contribution in [0, 0.1) is 11.8 Å². The molecule has 2 heterocycles. The van der Waals surface area contributed by atoms with Gasteiger partial charge in [0.05, 0.1) is 5.92 Å². The predicted octanol–water partition coefficient (Wildman–Crippen LogP) is 2.28. The maximum absolute atomic E-state index is 12.7. The van der Waals surface area contributed by atoms with E-state index in [2.05, 4.69) is 11.8 Å². The van der Waals surface area contributed by atoms with Crippen molar-refractivity contribution in [2.24, 2.45) is 11.8 Å². The minimum Gasteiger partial charge on any atom is -0.342 e. The molecule has 20 heavy (non-hydrogen) atoms. The van der Waals surface area contributed by atoms with Crippen LogP contribution in [0.4, 0.5) is 0 Å². The first-order chi connectivity index (χ1) is 9.50. The maximum atomic E-state index is 12.7. The maximum Gasteiger partial charge on any atom is 0.227 e. The Morgan fingerprint density at radius 3 is 2.45 bits per heavy atom. The number of carbonyl (C=O) groups excluding carboxylic acids is 2. The Morgan fingerprint density at radius 2 is 1.80 bits per heavy atom. The van der Waals surface area contributed by atoms with E-state index in [9.17, 15) is 9.59 Å². The summed E-state index contributed by atoms with van der Waals surface area (Å²) < 4.78 is 0. The summed E-state index contributed by atoms with van der Waals surface area (Å²) in [6.07, 6.45) is 5.36. The standard InChI is InChI=1S/C16H28N2O2/c1-12(2)15(19)17-9-6-8-14(11-17)16(20)18-10-5-4-7-13(18)3/h12-14H,4-11H2,1-3H3/t13-,14-/m0/s1. The lowest BCUT2D eigenvalue weighted by Gasteiger charge is -2.39. The molecule has 2 saturated heterocycles. The van der Waals surface area contributed by atoms with Gasteiger partial charge in [-0.3, -0.25) is 9.59 Å². The van der Waals surface area contributed by atoms with E-state index in [-0.39, 0.29) is 23.7 Å². The molecule has 0 saturated carbocycles. The monoisotopic (exact) mass is 280 g/mol. The molecule has 2 rings (SSSR count). The fourth-order valence-corrected chi connectivity index (χ4v) is 3.40. The number of hydrogen-bond acceptors (Lipinski definition) is 2. The minimum absolute atomic E-state index is 0.0204. The van der Waals surface area contributed by atoms with Gasteiger partial charge >= 0.3 is 0 Å². The molecule has 0 aromatic rings. The average molecular weight is 280 g/mol. The van der Waals surface area contributed by atoms with Crippen LogP contribution in [0.3, 0.4) is 0 Å². The van der Waals surface area contributed by atoms with Gasteiger partial charge in [0, 0.05) is 31.6 Å². The smallest absolute Gasteiger partial charge is 0.227 e. The molecule has 0 aliphatic carbocycles. The molecule has 0 spiro atoms. The topological polar surface area (TPSA) is 40.6 Å². The zero-order valence-corrected chi connectivity index (χ0v) is 13.1. The molecule has 2 atom stereocenters. The molecule has 2 amide bonds. The third kappa shape index (κ3) is 3.33. The van der Waals surface area contributed by atoms with Crippen molar-refractivity contribution in [3.63, 3.8) is 0 Å². The third-order valence-electron chi connectivity index (χ3n) is 4.66. The zero-order valence-electron chi connectivity index (χ0n) is 13.1. The summed E-state index contributed by atoms with van der Waals surface area (Å²) in [6, 6.07) is 0.368. The van der Waals surface area contributed by atoms with Crippen molar-refractivity contribution in [1.82, 2.24) is 9.80 Å². The third-order valence-corrected chi connectivity index (χ3v) is 4.66. The lowest BCUT2D eigenvalue weighted by molar-refractivity contribution is -0.144. The van der Waals surface area contributed by atoms with Crippen molar-refractivity contribution in [2.45, 2.75) is 58.9 Å². The first-order valence-electron chi connectivity index (χ1n) is 8.10. The fraction of sp³-hybridized carbons (Fsp3) is 0.875. The molecule has 0 unspecified atom stereocenters. The number of likely N-dealkylation sites (tertiary alicyclic amines) is 2. The Kier molecular flexibility index (Phi) is 5.06. The molecule has 114 valence electrons. The molecule has 0 radical (unpaired) electrons. The van der Waals surface area contributed by atoms with Crippen molar-refractivity contribution in [3.05, 3.63) is 0 Å². The van der Waals surface area contributed by atoms with E-state index >= 15 is 0 Å². The van der Waals surface area contributed by atoms with Gasteiger partial charge in [-0.05, 0) is 39.0 Å². The lowest BCUT2D eigenvalue weighted by Crippen LogP contribution is -2.50. The van der Waals surface area contributed by atoms with Gasteiger partial charge in [-0.1, -0.05) is 13.8 Å². The number of rotatable bonds is 2. The van der Waals surface area contributed by atoms with Gasteiger partial charge in [0.25, 0.3) is 0 Å². The van der Waals surface area contributed by atoms with E-state index < -0.39 is 0 Å². The quantitative estimate of drug-likeness (QED) is 0.778. The largest absolute Gasteiger partial charge is 0.342 e. The molecule has 0 N–H and O–H groups in total. The van der Waals surface area contributed by atoms with Crippen LogP contribution >= 0.6 is 0 Å². The molecule has 4 nitrogen and oxygen atoms in total. The number of amides is 2. The first kappa shape index (κ1) is 15.3. The Labute approximate surface area is 122 Å². The van der Waals surface area contributed by atoms with E-state index in [1.54, 1.807) is 0 Å². The van der Waals surface area contributed by atoms with Crippen LogP contribution in [-0.2, 0) is 9.59 Å². The molecule has 2 fully saturated rings. The van der Waals surface area contributed by atoms with Crippen molar-refractivity contribution in [3.8, 4) is 0 Å². The molecule has 2 aliphatic rings. The number of carbonyl (C=O) groups is 2. The van der Waals surface area contributed by atoms with E-state index in [4.69, 9.17) is 0 Å². The van der Waals surface area contributed by atoms with Gasteiger partial charge in [-0.2, -0.15) is 0 Å². The van der Waals surface area contributed by atoms with Crippen LogP contribution < -0.4 is 0 Å². The average Bonchev–Trinajstić information content (AvgIpc) is 2.46. The van der Waals surface area contributed by atoms with E-state index in [0.717, 1.165) is 38.8 Å². The molecule has 2 aliphatic heterocycles. The van der Waals surface area contributed by atoms with E-state index in [1.165, 1.54) is 6.42 Å². The Bertz CT molecular complexity index is 367. The second kappa shape index (κ2) is 6.59. The minimum atomic E-state index is 0.0204. The number of piperidine rings is 2. The molecule has 0 bridgehead atoms. The Balaban J connectivity index is 1.97. The lowest BCUT2D eigenvalue weighted by atomic mass is 9.93. The van der Waals surface area contributed by atoms with Gasteiger partial charge in [0.2, 0.25) is 11.8 Å². The highest BCUT2D eigenvalue weighted by atomic mass is 16.2. The summed E-state index contributed by atoms with van der Waals surface area (Å²) in [5.41, 5.74) is 0. The van der Waals surface area contributed by atoms with Gasteiger partial charge in [-0.15, -0.1) is 0 Å². The van der Waals surface area contributed by atoms with Crippen LogP contribution in [0.15, 0.2) is 0 Å². The summed E-state index contributed by atoms with van der Waals surface area (Å²) in [6.45, 7) is 8.35. The number of hydrogen-bond donors (Lipinski definition) is 0. The summed E-state index contributed by atoms with van der Waals surface area (Å²) in [4.78, 5) is 28.7. The zero-order chi connectivity index (χ0) is 14.7. The SMILES string of the molecule is CC(C)C(=O)N1CCC[C@H](C(=O)N2CCCC[C@@H]2C)C1. The highest BCUT2D eigenvalue weighted by molar-refractivity contribution is 5.82. The Hall–Kier alpha value is -1.06. The second-order valence-electron chi connectivity index (χ2n) is 6.65. The molecular weight excluding hydrogens is 252 g/mol. The van der Waals surface area contributed by atoms with Crippen LogP contribution in [0.25, 0.3) is 0 Å². The van der Waals surface area contributed by atoms with Gasteiger partial charge in [0.1, 0.15) is 0 Å². The van der Waals surface area contributed by atoms with Crippen molar-refractivity contribution in [1.29, 1.82) is 0 Å².